The predicted molar refractivity (Wildman–Crippen MR) is 112 cm³/mol. The van der Waals surface area contributed by atoms with Crippen LogP contribution in [0.2, 0.25) is 0 Å². The van der Waals surface area contributed by atoms with Crippen LogP contribution in [0, 0.1) is 17.3 Å². The minimum Gasteiger partial charge on any atom is -0.377 e. The number of halogens is 1. The predicted octanol–water partition coefficient (Wildman–Crippen LogP) is 2.23. The van der Waals surface area contributed by atoms with Crippen LogP contribution in [0.4, 0.5) is 10.1 Å². The monoisotopic (exact) mass is 408 g/mol. The standard InChI is InChI=1S/C21H21FN6O2/c1-27(2)21(30)11-3-4-13-16(7-11)26-18-14(20(24)29)8-15(22)19(17(13)18)25-12-5-6-28(9-12)10-23/h3-4,7-8,12,25-26H,5-6,9H2,1-2H3,(H2,24,29)/t12-/m0/s1. The summed E-state index contributed by atoms with van der Waals surface area (Å²) in [5.41, 5.74) is 7.25. The number of anilines is 1. The zero-order valence-corrected chi connectivity index (χ0v) is 16.6. The van der Waals surface area contributed by atoms with Gasteiger partial charge in [0, 0.05) is 55.1 Å². The summed E-state index contributed by atoms with van der Waals surface area (Å²) in [6.45, 7) is 1.07. The van der Waals surface area contributed by atoms with E-state index in [0.29, 0.717) is 46.9 Å². The van der Waals surface area contributed by atoms with Gasteiger partial charge in [-0.05, 0) is 24.6 Å². The number of aromatic nitrogens is 1. The second-order valence-corrected chi connectivity index (χ2v) is 7.66. The molecule has 1 saturated heterocycles. The molecule has 2 aromatic carbocycles. The molecule has 0 bridgehead atoms. The number of hydrogen-bond donors (Lipinski definition) is 3. The Morgan fingerprint density at radius 3 is 2.77 bits per heavy atom. The third kappa shape index (κ3) is 3.16. The van der Waals surface area contributed by atoms with Gasteiger partial charge in [-0.2, -0.15) is 5.26 Å². The Morgan fingerprint density at radius 1 is 1.37 bits per heavy atom. The van der Waals surface area contributed by atoms with Crippen LogP contribution in [0.15, 0.2) is 24.3 Å². The van der Waals surface area contributed by atoms with Crippen molar-refractivity contribution in [3.8, 4) is 6.19 Å². The van der Waals surface area contributed by atoms with Gasteiger partial charge >= 0.3 is 0 Å². The van der Waals surface area contributed by atoms with Crippen LogP contribution in [0.1, 0.15) is 27.1 Å². The van der Waals surface area contributed by atoms with Gasteiger partial charge in [0.05, 0.1) is 16.8 Å². The summed E-state index contributed by atoms with van der Waals surface area (Å²) in [5, 5.41) is 13.4. The van der Waals surface area contributed by atoms with Crippen LogP contribution in [0.25, 0.3) is 21.8 Å². The highest BCUT2D eigenvalue weighted by molar-refractivity contribution is 6.20. The molecule has 30 heavy (non-hydrogen) atoms. The van der Waals surface area contributed by atoms with Gasteiger partial charge in [0.1, 0.15) is 5.82 Å². The van der Waals surface area contributed by atoms with E-state index in [-0.39, 0.29) is 23.2 Å². The highest BCUT2D eigenvalue weighted by atomic mass is 19.1. The summed E-state index contributed by atoms with van der Waals surface area (Å²) >= 11 is 0. The second kappa shape index (κ2) is 7.22. The summed E-state index contributed by atoms with van der Waals surface area (Å²) in [5.74, 6) is -1.52. The Bertz CT molecular complexity index is 1230. The Morgan fingerprint density at radius 2 is 2.13 bits per heavy atom. The van der Waals surface area contributed by atoms with Crippen molar-refractivity contribution in [1.29, 1.82) is 5.26 Å². The van der Waals surface area contributed by atoms with Crippen molar-refractivity contribution in [2.75, 3.05) is 32.5 Å². The van der Waals surface area contributed by atoms with Crippen molar-refractivity contribution in [3.63, 3.8) is 0 Å². The first-order valence-electron chi connectivity index (χ1n) is 9.50. The van der Waals surface area contributed by atoms with Gasteiger partial charge in [-0.1, -0.05) is 6.07 Å². The van der Waals surface area contributed by atoms with E-state index in [4.69, 9.17) is 11.0 Å². The number of aromatic amines is 1. The number of nitrogens with two attached hydrogens (primary N) is 1. The van der Waals surface area contributed by atoms with E-state index in [0.717, 1.165) is 6.07 Å². The van der Waals surface area contributed by atoms with E-state index in [2.05, 4.69) is 16.5 Å². The van der Waals surface area contributed by atoms with E-state index in [1.165, 1.54) is 4.90 Å². The molecular weight excluding hydrogens is 387 g/mol. The molecule has 9 heteroatoms. The van der Waals surface area contributed by atoms with Crippen LogP contribution >= 0.6 is 0 Å². The molecule has 1 aromatic heterocycles. The maximum absolute atomic E-state index is 15.1. The Hall–Kier alpha value is -3.80. The first-order chi connectivity index (χ1) is 14.3. The van der Waals surface area contributed by atoms with E-state index in [9.17, 15) is 9.59 Å². The number of H-pyrrole nitrogens is 1. The molecule has 1 fully saturated rings. The van der Waals surface area contributed by atoms with Crippen molar-refractivity contribution in [2.45, 2.75) is 12.5 Å². The second-order valence-electron chi connectivity index (χ2n) is 7.66. The number of fused-ring (bicyclic) bond motifs is 3. The molecule has 2 heterocycles. The Kier molecular flexibility index (Phi) is 4.70. The maximum atomic E-state index is 15.1. The topological polar surface area (TPSA) is 118 Å². The Labute approximate surface area is 172 Å². The highest BCUT2D eigenvalue weighted by Gasteiger charge is 2.26. The molecular formula is C21H21FN6O2. The molecule has 0 spiro atoms. The van der Waals surface area contributed by atoms with Crippen LogP contribution in [0.3, 0.4) is 0 Å². The molecule has 0 radical (unpaired) electrons. The number of benzene rings is 2. The van der Waals surface area contributed by atoms with Gasteiger partial charge < -0.3 is 25.8 Å². The van der Waals surface area contributed by atoms with Gasteiger partial charge in [-0.15, -0.1) is 0 Å². The lowest BCUT2D eigenvalue weighted by molar-refractivity contribution is 0.0827. The number of nitriles is 1. The molecule has 0 aliphatic carbocycles. The molecule has 2 amide bonds. The van der Waals surface area contributed by atoms with E-state index < -0.39 is 11.7 Å². The normalized spacial score (nSPS) is 16.1. The van der Waals surface area contributed by atoms with Gasteiger partial charge in [0.2, 0.25) is 0 Å². The summed E-state index contributed by atoms with van der Waals surface area (Å²) < 4.78 is 15.1. The first-order valence-corrected chi connectivity index (χ1v) is 9.50. The zero-order chi connectivity index (χ0) is 21.6. The number of carbonyl (C=O) groups excluding carboxylic acids is 2. The number of carbonyl (C=O) groups is 2. The summed E-state index contributed by atoms with van der Waals surface area (Å²) in [4.78, 5) is 30.5. The highest BCUT2D eigenvalue weighted by Crippen LogP contribution is 2.37. The lowest BCUT2D eigenvalue weighted by Crippen LogP contribution is -2.24. The molecule has 0 saturated carbocycles. The van der Waals surface area contributed by atoms with Crippen molar-refractivity contribution in [2.24, 2.45) is 5.73 Å². The number of nitrogens with one attached hydrogen (secondary N) is 2. The quantitative estimate of drug-likeness (QED) is 0.572. The molecule has 154 valence electrons. The van der Waals surface area contributed by atoms with Gasteiger partial charge in [-0.25, -0.2) is 4.39 Å². The smallest absolute Gasteiger partial charge is 0.253 e. The van der Waals surface area contributed by atoms with Crippen molar-refractivity contribution in [1.82, 2.24) is 14.8 Å². The number of rotatable bonds is 4. The molecule has 1 atom stereocenters. The minimum absolute atomic E-state index is 0.0369. The van der Waals surface area contributed by atoms with E-state index in [1.807, 2.05) is 0 Å². The van der Waals surface area contributed by atoms with Crippen molar-refractivity contribution < 1.29 is 14.0 Å². The average Bonchev–Trinajstić information content (AvgIpc) is 3.32. The largest absolute Gasteiger partial charge is 0.377 e. The van der Waals surface area contributed by atoms with Crippen LogP contribution < -0.4 is 11.1 Å². The molecule has 1 aliphatic rings. The lowest BCUT2D eigenvalue weighted by atomic mass is 10.0. The van der Waals surface area contributed by atoms with Crippen molar-refractivity contribution >= 4 is 39.3 Å². The zero-order valence-electron chi connectivity index (χ0n) is 16.6. The number of hydrogen-bond acceptors (Lipinski definition) is 5. The van der Waals surface area contributed by atoms with Gasteiger partial charge in [0.15, 0.2) is 6.19 Å². The molecule has 4 rings (SSSR count). The number of primary amides is 1. The van der Waals surface area contributed by atoms with Crippen molar-refractivity contribution in [3.05, 3.63) is 41.2 Å². The fourth-order valence-electron chi connectivity index (χ4n) is 3.95. The first kappa shape index (κ1) is 19.5. The number of likely N-dealkylation sites (tertiary alicyclic amines) is 1. The average molecular weight is 408 g/mol. The van der Waals surface area contributed by atoms with E-state index in [1.54, 1.807) is 37.2 Å². The summed E-state index contributed by atoms with van der Waals surface area (Å²) in [7, 11) is 3.32. The van der Waals surface area contributed by atoms with Crippen LogP contribution in [-0.4, -0.2) is 59.8 Å². The molecule has 8 nitrogen and oxygen atoms in total. The molecule has 3 aromatic rings. The Balaban J connectivity index is 1.91. The van der Waals surface area contributed by atoms with Crippen LogP contribution in [-0.2, 0) is 0 Å². The summed E-state index contributed by atoms with van der Waals surface area (Å²) in [6.07, 6.45) is 2.79. The minimum atomic E-state index is -0.752. The fraction of sp³-hybridized carbons (Fsp3) is 0.286. The summed E-state index contributed by atoms with van der Waals surface area (Å²) in [6, 6.07) is 6.09. The van der Waals surface area contributed by atoms with Gasteiger partial charge in [0.25, 0.3) is 11.8 Å². The lowest BCUT2D eigenvalue weighted by Gasteiger charge is -2.16. The fourth-order valence-corrected chi connectivity index (χ4v) is 3.95. The molecule has 4 N–H and O–H groups in total. The van der Waals surface area contributed by atoms with Gasteiger partial charge in [-0.3, -0.25) is 9.59 Å². The van der Waals surface area contributed by atoms with Crippen LogP contribution in [0.5, 0.6) is 0 Å². The number of nitrogens with zero attached hydrogens (tertiary/aromatic N) is 3. The third-order valence-corrected chi connectivity index (χ3v) is 5.42. The molecule has 1 aliphatic heterocycles. The number of amides is 2. The molecule has 0 unspecified atom stereocenters. The SMILES string of the molecule is CN(C)C(=O)c1ccc2c(c1)[nH]c1c(C(N)=O)cc(F)c(N[C@H]3CCN(C#N)C3)c12. The third-order valence-electron chi connectivity index (χ3n) is 5.42. The van der Waals surface area contributed by atoms with E-state index >= 15 is 4.39 Å². The maximum Gasteiger partial charge on any atom is 0.253 e.